The minimum Gasteiger partial charge on any atom is -0.340 e. The Morgan fingerprint density at radius 3 is 2.85 bits per heavy atom. The molecule has 0 bridgehead atoms. The Morgan fingerprint density at radius 1 is 1.45 bits per heavy atom. The van der Waals surface area contributed by atoms with Gasteiger partial charge in [0.05, 0.1) is 21.2 Å². The van der Waals surface area contributed by atoms with E-state index in [-0.39, 0.29) is 4.75 Å². The first kappa shape index (κ1) is 13.8. The van der Waals surface area contributed by atoms with Crippen LogP contribution in [0.5, 0.6) is 0 Å². The van der Waals surface area contributed by atoms with Crippen molar-refractivity contribution >= 4 is 21.9 Å². The Hall–Kier alpha value is -1.20. The summed E-state index contributed by atoms with van der Waals surface area (Å²) in [6.45, 7) is 6.58. The monoisotopic (exact) mass is 291 g/mol. The molecular formula is C15H21N3OS. The second-order valence-corrected chi connectivity index (χ2v) is 8.42. The summed E-state index contributed by atoms with van der Waals surface area (Å²) in [6.07, 6.45) is 6.22. The third kappa shape index (κ3) is 2.65. The van der Waals surface area contributed by atoms with Crippen LogP contribution in [0, 0.1) is 0 Å². The van der Waals surface area contributed by atoms with Crippen molar-refractivity contribution in [1.82, 2.24) is 14.3 Å². The van der Waals surface area contributed by atoms with Gasteiger partial charge in [-0.2, -0.15) is 0 Å². The molecule has 0 saturated heterocycles. The van der Waals surface area contributed by atoms with E-state index in [1.807, 2.05) is 33.2 Å². The Labute approximate surface area is 122 Å². The van der Waals surface area contributed by atoms with E-state index >= 15 is 0 Å². The average molecular weight is 291 g/mol. The fraction of sp³-hybridized carbons (Fsp3) is 0.533. The van der Waals surface area contributed by atoms with Gasteiger partial charge >= 0.3 is 0 Å². The number of hydrogen-bond donors (Lipinski definition) is 1. The lowest BCUT2D eigenvalue weighted by Gasteiger charge is -2.18. The lowest BCUT2D eigenvalue weighted by molar-refractivity contribution is 0.628. The van der Waals surface area contributed by atoms with Crippen molar-refractivity contribution in [3.8, 4) is 0 Å². The molecule has 108 valence electrons. The molecule has 1 N–H and O–H groups in total. The third-order valence-electron chi connectivity index (χ3n) is 3.57. The number of rotatable bonds is 4. The van der Waals surface area contributed by atoms with Crippen LogP contribution in [-0.4, -0.2) is 18.5 Å². The van der Waals surface area contributed by atoms with E-state index < -0.39 is 11.0 Å². The molecular weight excluding hydrogens is 270 g/mol. The molecule has 5 heteroatoms. The molecule has 0 spiro atoms. The van der Waals surface area contributed by atoms with Crippen molar-refractivity contribution < 1.29 is 4.21 Å². The van der Waals surface area contributed by atoms with Crippen molar-refractivity contribution in [1.29, 1.82) is 0 Å². The lowest BCUT2D eigenvalue weighted by Crippen LogP contribution is -2.33. The fourth-order valence-corrected chi connectivity index (χ4v) is 3.10. The summed E-state index contributed by atoms with van der Waals surface area (Å²) >= 11 is 0. The van der Waals surface area contributed by atoms with Crippen molar-refractivity contribution in [2.75, 3.05) is 0 Å². The van der Waals surface area contributed by atoms with Crippen LogP contribution in [0.25, 0.3) is 10.9 Å². The molecule has 0 radical (unpaired) electrons. The molecule has 20 heavy (non-hydrogen) atoms. The van der Waals surface area contributed by atoms with Crippen molar-refractivity contribution in [3.05, 3.63) is 30.2 Å². The summed E-state index contributed by atoms with van der Waals surface area (Å²) in [5.74, 6) is 0. The minimum absolute atomic E-state index is 0.238. The summed E-state index contributed by atoms with van der Waals surface area (Å²) < 4.78 is 17.4. The van der Waals surface area contributed by atoms with Crippen molar-refractivity contribution in [2.24, 2.45) is 0 Å². The quantitative estimate of drug-likeness (QED) is 0.941. The van der Waals surface area contributed by atoms with Crippen LogP contribution in [0.2, 0.25) is 0 Å². The second-order valence-electron chi connectivity index (χ2n) is 6.37. The van der Waals surface area contributed by atoms with Crippen LogP contribution in [0.1, 0.15) is 45.3 Å². The highest BCUT2D eigenvalue weighted by Gasteiger charge is 2.27. The molecule has 2 heterocycles. The van der Waals surface area contributed by atoms with Crippen LogP contribution >= 0.6 is 0 Å². The number of hydrogen-bond acceptors (Lipinski definition) is 2. The zero-order valence-electron chi connectivity index (χ0n) is 12.2. The predicted octanol–water partition coefficient (Wildman–Crippen LogP) is 2.92. The average Bonchev–Trinajstić information content (AvgIpc) is 3.15. The SMILES string of the molecule is CC(C)(C)[S@@](=O)NCc1cc2cnccc2n1C1CC1. The first-order valence-corrected chi connectivity index (χ1v) is 8.21. The molecule has 1 fully saturated rings. The van der Waals surface area contributed by atoms with Crippen molar-refractivity contribution in [3.63, 3.8) is 0 Å². The van der Waals surface area contributed by atoms with E-state index in [1.54, 1.807) is 0 Å². The summed E-state index contributed by atoms with van der Waals surface area (Å²) in [4.78, 5) is 4.19. The Balaban J connectivity index is 1.88. The van der Waals surface area contributed by atoms with Crippen LogP contribution in [0.4, 0.5) is 0 Å². The highest BCUT2D eigenvalue weighted by molar-refractivity contribution is 7.84. The van der Waals surface area contributed by atoms with Crippen LogP contribution < -0.4 is 4.72 Å². The smallest absolute Gasteiger partial charge is 0.0973 e. The highest BCUT2D eigenvalue weighted by atomic mass is 32.2. The maximum atomic E-state index is 12.1. The molecule has 1 aliphatic carbocycles. The summed E-state index contributed by atoms with van der Waals surface area (Å²) in [5, 5.41) is 1.16. The van der Waals surface area contributed by atoms with Gasteiger partial charge in [-0.05, 0) is 45.7 Å². The van der Waals surface area contributed by atoms with Gasteiger partial charge in [-0.15, -0.1) is 0 Å². The molecule has 1 aliphatic rings. The second kappa shape index (κ2) is 4.97. The van der Waals surface area contributed by atoms with Gasteiger partial charge in [0.25, 0.3) is 0 Å². The van der Waals surface area contributed by atoms with E-state index in [0.29, 0.717) is 12.6 Å². The number of aromatic nitrogens is 2. The molecule has 0 unspecified atom stereocenters. The van der Waals surface area contributed by atoms with Gasteiger partial charge < -0.3 is 4.57 Å². The number of nitrogens with zero attached hydrogens (tertiary/aromatic N) is 2. The maximum Gasteiger partial charge on any atom is 0.0973 e. The highest BCUT2D eigenvalue weighted by Crippen LogP contribution is 2.39. The predicted molar refractivity (Wildman–Crippen MR) is 82.7 cm³/mol. The molecule has 1 saturated carbocycles. The summed E-state index contributed by atoms with van der Waals surface area (Å²) in [7, 11) is -1.04. The molecule has 3 rings (SSSR count). The standard InChI is InChI=1S/C15H21N3OS/c1-15(2,3)20(19)17-10-13-8-11-9-16-7-6-14(11)18(13)12-4-5-12/h6-9,12,17H,4-5,10H2,1-3H3/t20-/m1/s1. The molecule has 4 nitrogen and oxygen atoms in total. The third-order valence-corrected chi connectivity index (χ3v) is 5.09. The largest absolute Gasteiger partial charge is 0.340 e. The van der Waals surface area contributed by atoms with Crippen LogP contribution in [0.15, 0.2) is 24.5 Å². The normalized spacial score (nSPS) is 17.6. The molecule has 2 aromatic heterocycles. The number of pyridine rings is 1. The fourth-order valence-electron chi connectivity index (χ4n) is 2.39. The maximum absolute atomic E-state index is 12.1. The van der Waals surface area contributed by atoms with E-state index in [9.17, 15) is 4.21 Å². The van der Waals surface area contributed by atoms with Crippen LogP contribution in [0.3, 0.4) is 0 Å². The topological polar surface area (TPSA) is 46.9 Å². The summed E-state index contributed by atoms with van der Waals surface area (Å²) in [6, 6.07) is 4.83. The van der Waals surface area contributed by atoms with E-state index in [4.69, 9.17) is 0 Å². The summed E-state index contributed by atoms with van der Waals surface area (Å²) in [5.41, 5.74) is 2.44. The molecule has 2 aromatic rings. The van der Waals surface area contributed by atoms with Crippen LogP contribution in [-0.2, 0) is 17.5 Å². The van der Waals surface area contributed by atoms with Gasteiger partial charge in [0.15, 0.2) is 0 Å². The lowest BCUT2D eigenvalue weighted by atomic mass is 10.3. The van der Waals surface area contributed by atoms with Gasteiger partial charge in [0.1, 0.15) is 0 Å². The van der Waals surface area contributed by atoms with E-state index in [0.717, 1.165) is 5.39 Å². The van der Waals surface area contributed by atoms with Crippen molar-refractivity contribution in [2.45, 2.75) is 50.9 Å². The van der Waals surface area contributed by atoms with Gasteiger partial charge in [-0.25, -0.2) is 8.93 Å². The molecule has 1 atom stereocenters. The first-order valence-electron chi connectivity index (χ1n) is 7.06. The van der Waals surface area contributed by atoms with Gasteiger partial charge in [0, 0.05) is 36.1 Å². The minimum atomic E-state index is -1.04. The Kier molecular flexibility index (Phi) is 3.42. The zero-order valence-corrected chi connectivity index (χ0v) is 13.0. The first-order chi connectivity index (χ1) is 9.47. The number of nitrogens with one attached hydrogen (secondary N) is 1. The van der Waals surface area contributed by atoms with Gasteiger partial charge in [0.2, 0.25) is 0 Å². The Morgan fingerprint density at radius 2 is 2.20 bits per heavy atom. The van der Waals surface area contributed by atoms with E-state index in [1.165, 1.54) is 24.1 Å². The van der Waals surface area contributed by atoms with Gasteiger partial charge in [-0.3, -0.25) is 4.98 Å². The van der Waals surface area contributed by atoms with E-state index in [2.05, 4.69) is 26.4 Å². The Bertz CT molecular complexity index is 653. The molecule has 0 amide bonds. The number of fused-ring (bicyclic) bond motifs is 1. The van der Waals surface area contributed by atoms with Gasteiger partial charge in [-0.1, -0.05) is 0 Å². The molecule has 0 aliphatic heterocycles. The zero-order chi connectivity index (χ0) is 14.3. The molecule has 0 aromatic carbocycles.